The molecule has 0 aliphatic rings. The third-order valence-corrected chi connectivity index (χ3v) is 3.40. The highest BCUT2D eigenvalue weighted by Crippen LogP contribution is 2.32. The summed E-state index contributed by atoms with van der Waals surface area (Å²) in [5.41, 5.74) is 7.16. The molecule has 0 fully saturated rings. The fourth-order valence-corrected chi connectivity index (χ4v) is 1.87. The topological polar surface area (TPSA) is 38.5 Å². The number of nitrogens with zero attached hydrogens (tertiary/aromatic N) is 1. The molecule has 0 aromatic heterocycles. The monoisotopic (exact) mass is 268 g/mol. The van der Waals surface area contributed by atoms with Crippen molar-refractivity contribution in [3.05, 3.63) is 17.9 Å². The van der Waals surface area contributed by atoms with E-state index in [1.807, 2.05) is 20.9 Å². The van der Waals surface area contributed by atoms with Crippen molar-refractivity contribution in [3.8, 4) is 5.75 Å². The van der Waals surface area contributed by atoms with Gasteiger partial charge in [-0.1, -0.05) is 13.8 Å². The second kappa shape index (κ2) is 6.13. The van der Waals surface area contributed by atoms with Crippen LogP contribution in [-0.2, 0) is 0 Å². The predicted molar refractivity (Wildman–Crippen MR) is 79.3 cm³/mol. The van der Waals surface area contributed by atoms with Gasteiger partial charge >= 0.3 is 0 Å². The van der Waals surface area contributed by atoms with Crippen molar-refractivity contribution < 1.29 is 9.13 Å². The van der Waals surface area contributed by atoms with Crippen molar-refractivity contribution in [2.24, 2.45) is 5.92 Å². The number of nitrogens with two attached hydrogens (primary N) is 1. The summed E-state index contributed by atoms with van der Waals surface area (Å²) in [7, 11) is 1.97. The van der Waals surface area contributed by atoms with Gasteiger partial charge in [0.1, 0.15) is 0 Å². The van der Waals surface area contributed by atoms with Gasteiger partial charge in [0.05, 0.1) is 17.5 Å². The molecule has 0 aliphatic carbocycles. The van der Waals surface area contributed by atoms with Gasteiger partial charge < -0.3 is 15.4 Å². The van der Waals surface area contributed by atoms with Crippen LogP contribution in [0.15, 0.2) is 12.1 Å². The Morgan fingerprint density at radius 3 is 2.21 bits per heavy atom. The fourth-order valence-electron chi connectivity index (χ4n) is 1.87. The van der Waals surface area contributed by atoms with E-state index in [9.17, 15) is 4.39 Å². The zero-order valence-electron chi connectivity index (χ0n) is 12.7. The van der Waals surface area contributed by atoms with Crippen LogP contribution in [0.2, 0.25) is 0 Å². The van der Waals surface area contributed by atoms with Crippen LogP contribution >= 0.6 is 0 Å². The Morgan fingerprint density at radius 2 is 1.74 bits per heavy atom. The maximum atomic E-state index is 13.8. The third kappa shape index (κ3) is 3.75. The highest BCUT2D eigenvalue weighted by atomic mass is 19.1. The molecule has 1 aromatic rings. The first-order valence-corrected chi connectivity index (χ1v) is 6.72. The molecule has 0 bridgehead atoms. The zero-order chi connectivity index (χ0) is 14.7. The van der Waals surface area contributed by atoms with Crippen LogP contribution in [0.5, 0.6) is 5.75 Å². The largest absolute Gasteiger partial charge is 0.488 e. The van der Waals surface area contributed by atoms with Crippen LogP contribution in [-0.4, -0.2) is 19.2 Å². The molecule has 19 heavy (non-hydrogen) atoms. The van der Waals surface area contributed by atoms with E-state index >= 15 is 0 Å². The van der Waals surface area contributed by atoms with Gasteiger partial charge in [0, 0.05) is 25.2 Å². The van der Waals surface area contributed by atoms with Crippen LogP contribution in [0.4, 0.5) is 15.8 Å². The molecule has 108 valence electrons. The molecule has 2 N–H and O–H groups in total. The van der Waals surface area contributed by atoms with Crippen molar-refractivity contribution in [1.29, 1.82) is 0 Å². The molecular weight excluding hydrogens is 243 g/mol. The molecule has 0 radical (unpaired) electrons. The van der Waals surface area contributed by atoms with E-state index in [4.69, 9.17) is 10.5 Å². The van der Waals surface area contributed by atoms with Crippen LogP contribution in [0.3, 0.4) is 0 Å². The van der Waals surface area contributed by atoms with Gasteiger partial charge in [0.15, 0.2) is 11.6 Å². The van der Waals surface area contributed by atoms with E-state index in [1.165, 1.54) is 6.07 Å². The van der Waals surface area contributed by atoms with Gasteiger partial charge in [-0.3, -0.25) is 0 Å². The summed E-state index contributed by atoms with van der Waals surface area (Å²) in [6.45, 7) is 10.2. The molecule has 0 saturated heterocycles. The normalized spacial score (nSPS) is 12.9. The number of halogens is 1. The lowest BCUT2D eigenvalue weighted by atomic mass is 10.0. The minimum absolute atomic E-state index is 0.0706. The fraction of sp³-hybridized carbons (Fsp3) is 0.600. The lowest BCUT2D eigenvalue weighted by Gasteiger charge is -2.31. The van der Waals surface area contributed by atoms with Crippen LogP contribution in [0.25, 0.3) is 0 Å². The molecule has 0 saturated carbocycles. The van der Waals surface area contributed by atoms with Gasteiger partial charge in [-0.2, -0.15) is 0 Å². The molecule has 1 rings (SSSR count). The molecule has 4 heteroatoms. The quantitative estimate of drug-likeness (QED) is 0.828. The maximum Gasteiger partial charge on any atom is 0.167 e. The number of anilines is 2. The van der Waals surface area contributed by atoms with Crippen LogP contribution < -0.4 is 15.4 Å². The summed E-state index contributed by atoms with van der Waals surface area (Å²) in [4.78, 5) is 2.06. The number of hydrogen-bond donors (Lipinski definition) is 1. The summed E-state index contributed by atoms with van der Waals surface area (Å²) >= 11 is 0. The lowest BCUT2D eigenvalue weighted by Crippen LogP contribution is -2.33. The van der Waals surface area contributed by atoms with E-state index < -0.39 is 5.82 Å². The minimum atomic E-state index is -0.416. The Balaban J connectivity index is 3.13. The second-order valence-electron chi connectivity index (χ2n) is 5.60. The Morgan fingerprint density at radius 1 is 1.16 bits per heavy atom. The Kier molecular flexibility index (Phi) is 5.04. The van der Waals surface area contributed by atoms with E-state index in [-0.39, 0.29) is 11.9 Å². The highest BCUT2D eigenvalue weighted by molar-refractivity contribution is 5.70. The third-order valence-electron chi connectivity index (χ3n) is 3.40. The number of benzene rings is 1. The van der Waals surface area contributed by atoms with Crippen LogP contribution in [0.1, 0.15) is 34.6 Å². The summed E-state index contributed by atoms with van der Waals surface area (Å²) in [6.07, 6.45) is -0.0706. The summed E-state index contributed by atoms with van der Waals surface area (Å²) in [5, 5.41) is 0. The Labute approximate surface area is 115 Å². The van der Waals surface area contributed by atoms with Crippen molar-refractivity contribution in [3.63, 3.8) is 0 Å². The molecule has 1 aromatic carbocycles. The molecule has 0 spiro atoms. The van der Waals surface area contributed by atoms with E-state index in [1.54, 1.807) is 6.07 Å². The van der Waals surface area contributed by atoms with Gasteiger partial charge in [-0.25, -0.2) is 4.39 Å². The number of nitrogen functional groups attached to an aromatic ring is 1. The maximum absolute atomic E-state index is 13.8. The van der Waals surface area contributed by atoms with Gasteiger partial charge in [0.2, 0.25) is 0 Å². The van der Waals surface area contributed by atoms with Crippen LogP contribution in [0, 0.1) is 11.7 Å². The average Bonchev–Trinajstić information content (AvgIpc) is 2.30. The Bertz CT molecular complexity index is 432. The highest BCUT2D eigenvalue weighted by Gasteiger charge is 2.18. The lowest BCUT2D eigenvalue weighted by molar-refractivity contribution is 0.231. The first-order valence-electron chi connectivity index (χ1n) is 6.72. The summed E-state index contributed by atoms with van der Waals surface area (Å²) in [6, 6.07) is 3.32. The van der Waals surface area contributed by atoms with E-state index in [0.717, 1.165) is 5.69 Å². The second-order valence-corrected chi connectivity index (χ2v) is 5.60. The van der Waals surface area contributed by atoms with Gasteiger partial charge in [-0.05, 0) is 26.7 Å². The molecule has 0 heterocycles. The van der Waals surface area contributed by atoms with Crippen molar-refractivity contribution >= 4 is 11.4 Å². The number of ether oxygens (including phenoxy) is 1. The molecular formula is C15H25FN2O. The number of hydrogen-bond acceptors (Lipinski definition) is 3. The van der Waals surface area contributed by atoms with E-state index in [2.05, 4.69) is 25.7 Å². The van der Waals surface area contributed by atoms with E-state index in [0.29, 0.717) is 17.6 Å². The Hall–Kier alpha value is -1.45. The standard InChI is InChI=1S/C15H25FN2O/c1-9(2)11(5)18(6)14-8-15(19-10(3)4)12(16)7-13(14)17/h7-11H,17H2,1-6H3. The summed E-state index contributed by atoms with van der Waals surface area (Å²) in [5.74, 6) is 0.312. The van der Waals surface area contributed by atoms with Crippen molar-refractivity contribution in [1.82, 2.24) is 0 Å². The van der Waals surface area contributed by atoms with Gasteiger partial charge in [-0.15, -0.1) is 0 Å². The zero-order valence-corrected chi connectivity index (χ0v) is 12.7. The SMILES string of the molecule is CC(C)Oc1cc(N(C)C(C)C(C)C)c(N)cc1F. The smallest absolute Gasteiger partial charge is 0.167 e. The molecule has 1 atom stereocenters. The molecule has 3 nitrogen and oxygen atoms in total. The predicted octanol–water partition coefficient (Wildman–Crippen LogP) is 3.68. The molecule has 1 unspecified atom stereocenters. The first kappa shape index (κ1) is 15.6. The van der Waals surface area contributed by atoms with Crippen molar-refractivity contribution in [2.45, 2.75) is 46.8 Å². The first-order chi connectivity index (χ1) is 8.73. The average molecular weight is 268 g/mol. The molecule has 0 aliphatic heterocycles. The van der Waals surface area contributed by atoms with Gasteiger partial charge in [0.25, 0.3) is 0 Å². The minimum Gasteiger partial charge on any atom is -0.488 e. The number of rotatable bonds is 5. The molecule has 0 amide bonds. The summed E-state index contributed by atoms with van der Waals surface area (Å²) < 4.78 is 19.3. The van der Waals surface area contributed by atoms with Crippen molar-refractivity contribution in [2.75, 3.05) is 17.7 Å².